The van der Waals surface area contributed by atoms with Gasteiger partial charge in [-0.05, 0) is 13.3 Å². The van der Waals surface area contributed by atoms with E-state index in [1.54, 1.807) is 11.5 Å². The van der Waals surface area contributed by atoms with Gasteiger partial charge in [-0.1, -0.05) is 6.92 Å². The first kappa shape index (κ1) is 14.9. The van der Waals surface area contributed by atoms with Gasteiger partial charge in [0, 0.05) is 5.92 Å². The largest absolute Gasteiger partial charge is 0.492 e. The highest BCUT2D eigenvalue weighted by atomic mass is 16.6. The fraction of sp³-hybridized carbons (Fsp3) is 0.615. The van der Waals surface area contributed by atoms with Crippen LogP contribution in [-0.4, -0.2) is 53.2 Å². The molecule has 0 aliphatic carbocycles. The van der Waals surface area contributed by atoms with Crippen molar-refractivity contribution in [3.63, 3.8) is 0 Å². The summed E-state index contributed by atoms with van der Waals surface area (Å²) >= 11 is 0. The highest BCUT2D eigenvalue weighted by Crippen LogP contribution is 2.43. The van der Waals surface area contributed by atoms with E-state index in [1.807, 2.05) is 6.92 Å². The van der Waals surface area contributed by atoms with E-state index in [2.05, 4.69) is 15.0 Å². The van der Waals surface area contributed by atoms with Crippen molar-refractivity contribution in [1.82, 2.24) is 19.5 Å². The zero-order chi connectivity index (χ0) is 16.1. The molecular weight excluding hydrogens is 290 g/mol. The quantitative estimate of drug-likeness (QED) is 0.610. The Balaban J connectivity index is 2.11. The van der Waals surface area contributed by atoms with Gasteiger partial charge in [-0.2, -0.15) is 9.97 Å². The number of fused-ring (bicyclic) bond motifs is 1. The molecule has 0 aromatic carbocycles. The SMILES string of the molecule is CC[C@@H]1[C@H](n2cnc3c(O)nc(N)nc32)O[C@](C)(CO)[C@H]1O. The Kier molecular flexibility index (Phi) is 3.42. The number of hydrogen-bond donors (Lipinski definition) is 4. The van der Waals surface area contributed by atoms with Crippen LogP contribution in [0.5, 0.6) is 5.88 Å². The fourth-order valence-electron chi connectivity index (χ4n) is 2.96. The number of rotatable bonds is 3. The van der Waals surface area contributed by atoms with Gasteiger partial charge in [0.05, 0.1) is 19.0 Å². The maximum absolute atomic E-state index is 10.4. The number of aromatic nitrogens is 4. The predicted molar refractivity (Wildman–Crippen MR) is 76.8 cm³/mol. The van der Waals surface area contributed by atoms with Crippen molar-refractivity contribution in [3.05, 3.63) is 6.33 Å². The van der Waals surface area contributed by atoms with Gasteiger partial charge in [0.15, 0.2) is 11.2 Å². The van der Waals surface area contributed by atoms with Crippen LogP contribution in [0.1, 0.15) is 26.5 Å². The second-order valence-corrected chi connectivity index (χ2v) is 5.73. The monoisotopic (exact) mass is 309 g/mol. The Morgan fingerprint density at radius 2 is 2.18 bits per heavy atom. The number of aliphatic hydroxyl groups excluding tert-OH is 2. The first-order valence-electron chi connectivity index (χ1n) is 7.07. The average Bonchev–Trinajstić information content (AvgIpc) is 3.00. The van der Waals surface area contributed by atoms with Gasteiger partial charge in [0.2, 0.25) is 11.8 Å². The van der Waals surface area contributed by atoms with E-state index in [9.17, 15) is 15.3 Å². The van der Waals surface area contributed by atoms with Gasteiger partial charge in [-0.3, -0.25) is 4.57 Å². The summed E-state index contributed by atoms with van der Waals surface area (Å²) < 4.78 is 7.49. The molecule has 0 radical (unpaired) electrons. The number of nitrogen functional groups attached to an aromatic ring is 1. The van der Waals surface area contributed by atoms with E-state index in [0.29, 0.717) is 12.1 Å². The van der Waals surface area contributed by atoms with Gasteiger partial charge in [0.25, 0.3) is 0 Å². The first-order chi connectivity index (χ1) is 10.4. The summed E-state index contributed by atoms with van der Waals surface area (Å²) in [6.45, 7) is 3.27. The van der Waals surface area contributed by atoms with E-state index in [-0.39, 0.29) is 29.9 Å². The van der Waals surface area contributed by atoms with Crippen molar-refractivity contribution < 1.29 is 20.1 Å². The Morgan fingerprint density at radius 3 is 2.82 bits per heavy atom. The van der Waals surface area contributed by atoms with Crippen LogP contribution in [0.4, 0.5) is 5.95 Å². The molecule has 0 unspecified atom stereocenters. The minimum atomic E-state index is -1.07. The molecule has 120 valence electrons. The summed E-state index contributed by atoms with van der Waals surface area (Å²) in [5, 5.41) is 29.8. The molecule has 0 bridgehead atoms. The second kappa shape index (κ2) is 5.04. The maximum Gasteiger partial charge on any atom is 0.244 e. The van der Waals surface area contributed by atoms with E-state index < -0.39 is 17.9 Å². The molecule has 22 heavy (non-hydrogen) atoms. The third-order valence-electron chi connectivity index (χ3n) is 4.27. The predicted octanol–water partition coefficient (Wildman–Crippen LogP) is -0.219. The lowest BCUT2D eigenvalue weighted by Crippen LogP contribution is -2.41. The zero-order valence-corrected chi connectivity index (χ0v) is 12.3. The smallest absolute Gasteiger partial charge is 0.244 e. The lowest BCUT2D eigenvalue weighted by molar-refractivity contribution is -0.115. The van der Waals surface area contributed by atoms with Crippen LogP contribution in [0.25, 0.3) is 11.2 Å². The number of aromatic hydroxyl groups is 1. The second-order valence-electron chi connectivity index (χ2n) is 5.73. The van der Waals surface area contributed by atoms with Crippen LogP contribution in [0, 0.1) is 5.92 Å². The molecule has 2 aromatic heterocycles. The number of anilines is 1. The first-order valence-corrected chi connectivity index (χ1v) is 7.07. The topological polar surface area (TPSA) is 140 Å². The van der Waals surface area contributed by atoms with Crippen molar-refractivity contribution in [2.45, 2.75) is 38.2 Å². The van der Waals surface area contributed by atoms with Gasteiger partial charge in [-0.25, -0.2) is 4.98 Å². The third kappa shape index (κ3) is 2.01. The molecule has 1 saturated heterocycles. The average molecular weight is 309 g/mol. The molecule has 1 aliphatic heterocycles. The van der Waals surface area contributed by atoms with Crippen molar-refractivity contribution >= 4 is 17.1 Å². The summed E-state index contributed by atoms with van der Waals surface area (Å²) in [7, 11) is 0. The summed E-state index contributed by atoms with van der Waals surface area (Å²) in [4.78, 5) is 11.8. The Labute approximate surface area is 126 Å². The molecule has 3 rings (SSSR count). The number of hydrogen-bond acceptors (Lipinski definition) is 8. The van der Waals surface area contributed by atoms with Gasteiger partial charge >= 0.3 is 0 Å². The van der Waals surface area contributed by atoms with Crippen molar-refractivity contribution in [2.75, 3.05) is 12.3 Å². The standard InChI is InChI=1S/C13H19N5O4/c1-3-6-8(20)13(2,4-19)22-11(6)18-5-15-7-9(18)16-12(14)17-10(7)21/h5-6,8,11,19-20H,3-4H2,1-2H3,(H3,14,16,17,21)/t6-,8-,11+,13+/m0/s1. The van der Waals surface area contributed by atoms with E-state index in [0.717, 1.165) is 0 Å². The number of aliphatic hydroxyl groups is 2. The molecule has 3 heterocycles. The molecular formula is C13H19N5O4. The highest BCUT2D eigenvalue weighted by molar-refractivity contribution is 5.77. The van der Waals surface area contributed by atoms with E-state index >= 15 is 0 Å². The maximum atomic E-state index is 10.4. The molecule has 1 aliphatic rings. The van der Waals surface area contributed by atoms with Crippen LogP contribution in [0.2, 0.25) is 0 Å². The van der Waals surface area contributed by atoms with Crippen LogP contribution >= 0.6 is 0 Å². The lowest BCUT2D eigenvalue weighted by atomic mass is 9.90. The molecule has 0 amide bonds. The number of imidazole rings is 1. The van der Waals surface area contributed by atoms with Crippen molar-refractivity contribution in [1.29, 1.82) is 0 Å². The minimum Gasteiger partial charge on any atom is -0.492 e. The van der Waals surface area contributed by atoms with Crippen LogP contribution in [0.15, 0.2) is 6.33 Å². The summed E-state index contributed by atoms with van der Waals surface area (Å²) in [6.07, 6.45) is 0.684. The lowest BCUT2D eigenvalue weighted by Gasteiger charge is -2.25. The Morgan fingerprint density at radius 1 is 1.45 bits per heavy atom. The van der Waals surface area contributed by atoms with Gasteiger partial charge in [0.1, 0.15) is 11.8 Å². The number of nitrogens with zero attached hydrogens (tertiary/aromatic N) is 4. The van der Waals surface area contributed by atoms with Crippen LogP contribution < -0.4 is 5.73 Å². The number of ether oxygens (including phenoxy) is 1. The van der Waals surface area contributed by atoms with Gasteiger partial charge < -0.3 is 25.8 Å². The highest BCUT2D eigenvalue weighted by Gasteiger charge is 2.51. The molecule has 5 N–H and O–H groups in total. The molecule has 2 aromatic rings. The third-order valence-corrected chi connectivity index (χ3v) is 4.27. The van der Waals surface area contributed by atoms with Crippen LogP contribution in [-0.2, 0) is 4.74 Å². The van der Waals surface area contributed by atoms with Crippen molar-refractivity contribution in [2.24, 2.45) is 5.92 Å². The van der Waals surface area contributed by atoms with Gasteiger partial charge in [-0.15, -0.1) is 0 Å². The minimum absolute atomic E-state index is 0.0803. The molecule has 9 heteroatoms. The van der Waals surface area contributed by atoms with Crippen molar-refractivity contribution in [3.8, 4) is 5.88 Å². The van der Waals surface area contributed by atoms with E-state index in [4.69, 9.17) is 10.5 Å². The molecule has 0 spiro atoms. The molecule has 9 nitrogen and oxygen atoms in total. The normalized spacial score (nSPS) is 31.9. The Hall–Kier alpha value is -1.97. The summed E-state index contributed by atoms with van der Waals surface area (Å²) in [5.41, 5.74) is 5.04. The molecule has 4 atom stereocenters. The zero-order valence-electron chi connectivity index (χ0n) is 12.3. The summed E-state index contributed by atoms with van der Waals surface area (Å²) in [5.74, 6) is -0.645. The summed E-state index contributed by atoms with van der Waals surface area (Å²) in [6, 6.07) is 0. The molecule has 0 saturated carbocycles. The number of nitrogens with two attached hydrogens (primary N) is 1. The fourth-order valence-corrected chi connectivity index (χ4v) is 2.96. The molecule has 1 fully saturated rings. The van der Waals surface area contributed by atoms with Crippen LogP contribution in [0.3, 0.4) is 0 Å². The Bertz CT molecular complexity index is 705. The van der Waals surface area contributed by atoms with E-state index in [1.165, 1.54) is 6.33 Å².